The molecule has 1 saturated carbocycles. The molecule has 0 bridgehead atoms. The van der Waals surface area contributed by atoms with Crippen molar-refractivity contribution in [2.24, 2.45) is 5.92 Å². The van der Waals surface area contributed by atoms with Crippen molar-refractivity contribution >= 4 is 16.1 Å². The van der Waals surface area contributed by atoms with Crippen LogP contribution >= 0.6 is 0 Å². The van der Waals surface area contributed by atoms with Gasteiger partial charge in [0.2, 0.25) is 5.91 Å². The Bertz CT molecular complexity index is 1150. The van der Waals surface area contributed by atoms with E-state index in [9.17, 15) is 26.4 Å². The second kappa shape index (κ2) is 9.08. The van der Waals surface area contributed by atoms with Crippen LogP contribution in [0.15, 0.2) is 36.4 Å². The van der Waals surface area contributed by atoms with Crippen molar-refractivity contribution < 1.29 is 26.4 Å². The minimum Gasteiger partial charge on any atom is -0.341 e. The van der Waals surface area contributed by atoms with Crippen LogP contribution in [0.4, 0.5) is 13.2 Å². The summed E-state index contributed by atoms with van der Waals surface area (Å²) >= 11 is 0. The number of nitrogens with one attached hydrogen (secondary N) is 1. The number of benzene rings is 2. The molecule has 0 unspecified atom stereocenters. The molecule has 1 saturated heterocycles. The van der Waals surface area contributed by atoms with Crippen molar-refractivity contribution in [3.63, 3.8) is 0 Å². The van der Waals surface area contributed by atoms with Crippen LogP contribution in [0.3, 0.4) is 0 Å². The Kier molecular flexibility index (Phi) is 6.52. The highest BCUT2D eigenvalue weighted by molar-refractivity contribution is 7.87. The lowest BCUT2D eigenvalue weighted by molar-refractivity contribution is -0.133. The number of amides is 1. The molecule has 33 heavy (non-hydrogen) atoms. The first kappa shape index (κ1) is 23.7. The zero-order chi connectivity index (χ0) is 23.9. The smallest absolute Gasteiger partial charge is 0.279 e. The monoisotopic (exact) mass is 481 g/mol. The second-order valence-electron chi connectivity index (χ2n) is 8.78. The van der Waals surface area contributed by atoms with Gasteiger partial charge < -0.3 is 4.90 Å². The van der Waals surface area contributed by atoms with Crippen molar-refractivity contribution in [1.29, 1.82) is 0 Å². The van der Waals surface area contributed by atoms with Crippen molar-refractivity contribution in [3.05, 3.63) is 59.4 Å². The van der Waals surface area contributed by atoms with E-state index in [1.807, 2.05) is 0 Å². The first-order valence-corrected chi connectivity index (χ1v) is 12.3. The normalized spacial score (nSPS) is 23.1. The zero-order valence-electron chi connectivity index (χ0n) is 18.4. The molecule has 1 N–H and O–H groups in total. The molecule has 0 spiro atoms. The number of nitrogens with zero attached hydrogens (tertiary/aromatic N) is 2. The molecular weight excluding hydrogens is 455 g/mol. The van der Waals surface area contributed by atoms with Gasteiger partial charge >= 0.3 is 0 Å². The number of rotatable bonds is 6. The largest absolute Gasteiger partial charge is 0.341 e. The third-order valence-corrected chi connectivity index (χ3v) is 7.89. The third-order valence-electron chi connectivity index (χ3n) is 6.29. The number of carbonyl (C=O) groups is 1. The van der Waals surface area contributed by atoms with E-state index in [-0.39, 0.29) is 29.1 Å². The average molecular weight is 482 g/mol. The highest BCUT2D eigenvalue weighted by Crippen LogP contribution is 2.52. The highest BCUT2D eigenvalue weighted by Gasteiger charge is 2.48. The van der Waals surface area contributed by atoms with Crippen LogP contribution in [0.1, 0.15) is 30.7 Å². The zero-order valence-corrected chi connectivity index (χ0v) is 19.2. The molecule has 3 atom stereocenters. The molecule has 6 nitrogen and oxygen atoms in total. The van der Waals surface area contributed by atoms with Gasteiger partial charge in [0.1, 0.15) is 17.5 Å². The maximum atomic E-state index is 14.8. The summed E-state index contributed by atoms with van der Waals surface area (Å²) in [4.78, 5) is 14.7. The molecule has 2 aromatic carbocycles. The Morgan fingerprint density at radius 3 is 2.36 bits per heavy atom. The molecule has 2 aromatic rings. The molecule has 4 rings (SSSR count). The Labute approximate surface area is 191 Å². The maximum absolute atomic E-state index is 14.8. The Hall–Kier alpha value is -2.43. The minimum atomic E-state index is -3.63. The summed E-state index contributed by atoms with van der Waals surface area (Å²) in [6, 6.07) is 7.15. The lowest BCUT2D eigenvalue weighted by atomic mass is 9.94. The first-order valence-electron chi connectivity index (χ1n) is 10.8. The minimum absolute atomic E-state index is 0.112. The molecule has 2 aliphatic rings. The summed E-state index contributed by atoms with van der Waals surface area (Å²) in [7, 11) is -0.783. The van der Waals surface area contributed by atoms with E-state index >= 15 is 0 Å². The third kappa shape index (κ3) is 4.78. The summed E-state index contributed by atoms with van der Waals surface area (Å²) in [6.45, 7) is 0.704. The first-order chi connectivity index (χ1) is 15.6. The summed E-state index contributed by atoms with van der Waals surface area (Å²) in [5.74, 6) is -3.40. The van der Waals surface area contributed by atoms with Gasteiger partial charge in [-0.05, 0) is 54.5 Å². The lowest BCUT2D eigenvalue weighted by Gasteiger charge is -2.33. The molecule has 1 amide bonds. The number of hydrogen-bond acceptors (Lipinski definition) is 3. The summed E-state index contributed by atoms with van der Waals surface area (Å²) in [5.41, 5.74) is -0.0517. The number of halogens is 3. The highest BCUT2D eigenvalue weighted by atomic mass is 32.2. The number of piperidine rings is 1. The van der Waals surface area contributed by atoms with Gasteiger partial charge in [-0.1, -0.05) is 18.2 Å². The van der Waals surface area contributed by atoms with Gasteiger partial charge in [0.05, 0.1) is 5.56 Å². The second-order valence-corrected chi connectivity index (χ2v) is 10.7. The molecule has 0 radical (unpaired) electrons. The van der Waals surface area contributed by atoms with E-state index in [1.165, 1.54) is 38.4 Å². The summed E-state index contributed by atoms with van der Waals surface area (Å²) in [5, 5.41) is 0. The van der Waals surface area contributed by atoms with Crippen LogP contribution in [-0.2, 0) is 15.0 Å². The van der Waals surface area contributed by atoms with Gasteiger partial charge in [0, 0.05) is 39.1 Å². The SMILES string of the molecule is CN(C)S(=O)(=O)N[C@H]1CCCN(C(=O)[C@@H]2C[C@H]2c2c(F)cccc2-c2c(F)cccc2F)C1. The number of likely N-dealkylation sites (tertiary alicyclic amines) is 1. The van der Waals surface area contributed by atoms with E-state index in [0.29, 0.717) is 25.8 Å². The molecule has 0 aromatic heterocycles. The van der Waals surface area contributed by atoms with E-state index in [2.05, 4.69) is 4.72 Å². The number of carbonyl (C=O) groups excluding carboxylic acids is 1. The maximum Gasteiger partial charge on any atom is 0.279 e. The van der Waals surface area contributed by atoms with Gasteiger partial charge in [0.25, 0.3) is 10.2 Å². The van der Waals surface area contributed by atoms with Crippen LogP contribution in [0, 0.1) is 23.4 Å². The van der Waals surface area contributed by atoms with Gasteiger partial charge in [-0.3, -0.25) is 4.79 Å². The molecule has 1 heterocycles. The average Bonchev–Trinajstić information content (AvgIpc) is 3.53. The van der Waals surface area contributed by atoms with Crippen LogP contribution in [-0.4, -0.2) is 56.8 Å². The summed E-state index contributed by atoms with van der Waals surface area (Å²) in [6.07, 6.45) is 1.61. The van der Waals surface area contributed by atoms with Gasteiger partial charge in [-0.2, -0.15) is 17.4 Å². The van der Waals surface area contributed by atoms with Gasteiger partial charge in [-0.25, -0.2) is 13.2 Å². The Morgan fingerprint density at radius 2 is 1.70 bits per heavy atom. The molecule has 2 fully saturated rings. The van der Waals surface area contributed by atoms with E-state index in [0.717, 1.165) is 16.4 Å². The quantitative estimate of drug-likeness (QED) is 0.689. The molecular formula is C23H26F3N3O3S. The van der Waals surface area contributed by atoms with Gasteiger partial charge in [0.15, 0.2) is 0 Å². The van der Waals surface area contributed by atoms with Crippen molar-refractivity contribution in [2.75, 3.05) is 27.2 Å². The molecule has 1 aliphatic heterocycles. The van der Waals surface area contributed by atoms with E-state index < -0.39 is 45.5 Å². The predicted molar refractivity (Wildman–Crippen MR) is 118 cm³/mol. The topological polar surface area (TPSA) is 69.7 Å². The van der Waals surface area contributed by atoms with E-state index in [1.54, 1.807) is 4.90 Å². The number of hydrogen-bond donors (Lipinski definition) is 1. The van der Waals surface area contributed by atoms with Crippen molar-refractivity contribution in [1.82, 2.24) is 13.9 Å². The van der Waals surface area contributed by atoms with E-state index in [4.69, 9.17) is 0 Å². The molecule has 1 aliphatic carbocycles. The Balaban J connectivity index is 1.53. The fraction of sp³-hybridized carbons (Fsp3) is 0.435. The van der Waals surface area contributed by atoms with Gasteiger partial charge in [-0.15, -0.1) is 0 Å². The molecule has 178 valence electrons. The van der Waals surface area contributed by atoms with Crippen LogP contribution < -0.4 is 4.72 Å². The fourth-order valence-electron chi connectivity index (χ4n) is 4.50. The predicted octanol–water partition coefficient (Wildman–Crippen LogP) is 3.26. The van der Waals surface area contributed by atoms with Crippen LogP contribution in [0.2, 0.25) is 0 Å². The lowest BCUT2D eigenvalue weighted by Crippen LogP contribution is -2.52. The standard InChI is InChI=1S/C23H26F3N3O3S/c1-28(2)33(31,32)27-14-6-5-11-29(13-14)23(30)17-12-16(17)21-15(7-3-8-18(21)24)22-19(25)9-4-10-20(22)26/h3-4,7-10,14,16-17,27H,5-6,11-13H2,1-2H3/t14-,16+,17+/m0/s1. The van der Waals surface area contributed by atoms with Crippen molar-refractivity contribution in [3.8, 4) is 11.1 Å². The van der Waals surface area contributed by atoms with Crippen LogP contribution in [0.5, 0.6) is 0 Å². The molecule has 10 heteroatoms. The fourth-order valence-corrected chi connectivity index (χ4v) is 5.32. The van der Waals surface area contributed by atoms with Crippen LogP contribution in [0.25, 0.3) is 11.1 Å². The Morgan fingerprint density at radius 1 is 1.06 bits per heavy atom. The van der Waals surface area contributed by atoms with Crippen molar-refractivity contribution in [2.45, 2.75) is 31.2 Å². The summed E-state index contributed by atoms with van der Waals surface area (Å²) < 4.78 is 71.6.